The molecule has 0 aliphatic carbocycles. The Hall–Kier alpha value is -1.76. The summed E-state index contributed by atoms with van der Waals surface area (Å²) in [5.41, 5.74) is 5.06. The fourth-order valence-electron chi connectivity index (χ4n) is 3.06. The van der Waals surface area contributed by atoms with Gasteiger partial charge in [-0.2, -0.15) is 13.2 Å². The highest BCUT2D eigenvalue weighted by Crippen LogP contribution is 2.36. The van der Waals surface area contributed by atoms with Crippen LogP contribution in [0.5, 0.6) is 5.75 Å². The van der Waals surface area contributed by atoms with Crippen LogP contribution >= 0.6 is 0 Å². The number of rotatable bonds is 4. The van der Waals surface area contributed by atoms with Gasteiger partial charge in [0.2, 0.25) is 0 Å². The second kappa shape index (κ2) is 7.42. The maximum atomic E-state index is 13.0. The van der Waals surface area contributed by atoms with Crippen LogP contribution in [0.2, 0.25) is 0 Å². The topological polar surface area (TPSA) is 55.6 Å². The zero-order chi connectivity index (χ0) is 17.9. The molecule has 0 bridgehead atoms. The van der Waals surface area contributed by atoms with Crippen LogP contribution in [-0.4, -0.2) is 35.5 Å². The van der Waals surface area contributed by atoms with Crippen LogP contribution in [0.15, 0.2) is 24.3 Å². The Balaban J connectivity index is 2.15. The van der Waals surface area contributed by atoms with E-state index in [2.05, 4.69) is 0 Å². The third-order valence-corrected chi connectivity index (χ3v) is 4.28. The highest BCUT2D eigenvalue weighted by molar-refractivity contribution is 5.81. The number of likely N-dealkylation sites (tertiary alicyclic amines) is 1. The molecule has 0 spiro atoms. The molecule has 1 fully saturated rings. The van der Waals surface area contributed by atoms with Crippen LogP contribution in [0.1, 0.15) is 38.7 Å². The lowest BCUT2D eigenvalue weighted by Gasteiger charge is -2.39. The molecule has 134 valence electrons. The van der Waals surface area contributed by atoms with Crippen LogP contribution in [-0.2, 0) is 11.0 Å². The molecule has 1 aromatic carbocycles. The number of hydrogen-bond acceptors (Lipinski definition) is 3. The van der Waals surface area contributed by atoms with Gasteiger partial charge in [-0.1, -0.05) is 12.1 Å². The van der Waals surface area contributed by atoms with Gasteiger partial charge in [-0.15, -0.1) is 0 Å². The number of piperidine rings is 1. The number of para-hydroxylation sites is 1. The van der Waals surface area contributed by atoms with Gasteiger partial charge >= 0.3 is 6.18 Å². The Morgan fingerprint density at radius 3 is 2.58 bits per heavy atom. The molecular weight excluding hydrogens is 321 g/mol. The molecule has 1 aromatic rings. The smallest absolute Gasteiger partial charge is 0.419 e. The van der Waals surface area contributed by atoms with E-state index in [9.17, 15) is 18.0 Å². The van der Waals surface area contributed by atoms with Gasteiger partial charge in [0, 0.05) is 18.6 Å². The zero-order valence-corrected chi connectivity index (χ0v) is 13.8. The Bertz CT molecular complexity index is 575. The first-order valence-corrected chi connectivity index (χ1v) is 8.10. The summed E-state index contributed by atoms with van der Waals surface area (Å²) in [6.45, 7) is 3.86. The number of alkyl halides is 3. The first kappa shape index (κ1) is 18.6. The number of nitrogens with zero attached hydrogens (tertiary/aromatic N) is 1. The number of carbonyl (C=O) groups is 1. The minimum absolute atomic E-state index is 0.102. The summed E-state index contributed by atoms with van der Waals surface area (Å²) in [6.07, 6.45) is -2.88. The van der Waals surface area contributed by atoms with Gasteiger partial charge in [0.15, 0.2) is 6.10 Å². The molecule has 3 atom stereocenters. The van der Waals surface area contributed by atoms with Gasteiger partial charge in [-0.05, 0) is 45.2 Å². The van der Waals surface area contributed by atoms with Crippen molar-refractivity contribution in [3.63, 3.8) is 0 Å². The number of carbonyl (C=O) groups excluding carboxylic acids is 1. The number of halogens is 3. The molecule has 0 saturated carbocycles. The normalized spacial score (nSPS) is 21.2. The predicted molar refractivity (Wildman–Crippen MR) is 84.5 cm³/mol. The average Bonchev–Trinajstić information content (AvgIpc) is 2.53. The summed E-state index contributed by atoms with van der Waals surface area (Å²) in [5, 5.41) is 0. The summed E-state index contributed by atoms with van der Waals surface area (Å²) >= 11 is 0. The van der Waals surface area contributed by atoms with Gasteiger partial charge in [0.25, 0.3) is 5.91 Å². The first-order chi connectivity index (χ1) is 11.2. The maximum Gasteiger partial charge on any atom is 0.419 e. The van der Waals surface area contributed by atoms with Crippen LogP contribution in [0.4, 0.5) is 13.2 Å². The number of ether oxygens (including phenoxy) is 1. The average molecular weight is 344 g/mol. The van der Waals surface area contributed by atoms with E-state index in [0.717, 1.165) is 25.3 Å². The van der Waals surface area contributed by atoms with E-state index in [1.165, 1.54) is 25.1 Å². The summed E-state index contributed by atoms with van der Waals surface area (Å²) < 4.78 is 44.5. The maximum absolute atomic E-state index is 13.0. The highest BCUT2D eigenvalue weighted by atomic mass is 19.4. The van der Waals surface area contributed by atoms with Crippen molar-refractivity contribution in [1.29, 1.82) is 0 Å². The third-order valence-electron chi connectivity index (χ3n) is 4.28. The van der Waals surface area contributed by atoms with Crippen LogP contribution < -0.4 is 10.5 Å². The van der Waals surface area contributed by atoms with Crippen molar-refractivity contribution in [2.45, 2.75) is 57.5 Å². The molecule has 1 heterocycles. The molecule has 0 aromatic heterocycles. The molecular formula is C17H23F3N2O2. The highest BCUT2D eigenvalue weighted by Gasteiger charge is 2.36. The van der Waals surface area contributed by atoms with Crippen molar-refractivity contribution in [2.75, 3.05) is 6.54 Å². The van der Waals surface area contributed by atoms with Crippen molar-refractivity contribution in [3.05, 3.63) is 29.8 Å². The second-order valence-corrected chi connectivity index (χ2v) is 6.21. The molecule has 1 amide bonds. The van der Waals surface area contributed by atoms with Gasteiger partial charge in [-0.25, -0.2) is 0 Å². The SMILES string of the molecule is CC(Oc1ccccc1C(F)(F)F)C(=O)N1CCCCC1C(C)N. The van der Waals surface area contributed by atoms with Gasteiger partial charge in [-0.3, -0.25) is 4.79 Å². The van der Waals surface area contributed by atoms with Crippen LogP contribution in [0.3, 0.4) is 0 Å². The van der Waals surface area contributed by atoms with E-state index in [-0.39, 0.29) is 23.7 Å². The van der Waals surface area contributed by atoms with E-state index >= 15 is 0 Å². The Labute approximate surface area is 139 Å². The fourth-order valence-corrected chi connectivity index (χ4v) is 3.06. The predicted octanol–water partition coefficient (Wildman–Crippen LogP) is 3.20. The monoisotopic (exact) mass is 344 g/mol. The minimum Gasteiger partial charge on any atom is -0.480 e. The second-order valence-electron chi connectivity index (χ2n) is 6.21. The summed E-state index contributed by atoms with van der Waals surface area (Å²) in [6, 6.07) is 4.62. The number of benzene rings is 1. The Kier molecular flexibility index (Phi) is 5.74. The van der Waals surface area contributed by atoms with Crippen LogP contribution in [0, 0.1) is 0 Å². The number of amides is 1. The zero-order valence-electron chi connectivity index (χ0n) is 13.8. The van der Waals surface area contributed by atoms with Crippen molar-refractivity contribution in [2.24, 2.45) is 5.73 Å². The van der Waals surface area contributed by atoms with E-state index < -0.39 is 17.8 Å². The summed E-state index contributed by atoms with van der Waals surface area (Å²) in [7, 11) is 0. The molecule has 7 heteroatoms. The molecule has 1 aliphatic heterocycles. The van der Waals surface area contributed by atoms with Gasteiger partial charge in [0.05, 0.1) is 5.56 Å². The first-order valence-electron chi connectivity index (χ1n) is 8.10. The lowest BCUT2D eigenvalue weighted by Crippen LogP contribution is -2.54. The van der Waals surface area contributed by atoms with E-state index in [1.54, 1.807) is 4.90 Å². The van der Waals surface area contributed by atoms with Crippen molar-refractivity contribution in [1.82, 2.24) is 4.90 Å². The molecule has 2 rings (SSSR count). The molecule has 4 nitrogen and oxygen atoms in total. The van der Waals surface area contributed by atoms with Gasteiger partial charge < -0.3 is 15.4 Å². The van der Waals surface area contributed by atoms with Crippen molar-refractivity contribution in [3.8, 4) is 5.75 Å². The quantitative estimate of drug-likeness (QED) is 0.913. The summed E-state index contributed by atoms with van der Waals surface area (Å²) in [4.78, 5) is 14.3. The molecule has 1 aliphatic rings. The molecule has 1 saturated heterocycles. The Morgan fingerprint density at radius 2 is 1.96 bits per heavy atom. The van der Waals surface area contributed by atoms with E-state index in [1.807, 2.05) is 6.92 Å². The van der Waals surface area contributed by atoms with Crippen LogP contribution in [0.25, 0.3) is 0 Å². The van der Waals surface area contributed by atoms with Gasteiger partial charge in [0.1, 0.15) is 5.75 Å². The third kappa shape index (κ3) is 4.20. The standard InChI is InChI=1S/C17H23F3N2O2/c1-11(21)14-8-5-6-10-22(14)16(23)12(2)24-15-9-4-3-7-13(15)17(18,19)20/h3-4,7,9,11-12,14H,5-6,8,10,21H2,1-2H3. The number of hydrogen-bond donors (Lipinski definition) is 1. The lowest BCUT2D eigenvalue weighted by atomic mass is 9.96. The van der Waals surface area contributed by atoms with E-state index in [0.29, 0.717) is 6.54 Å². The Morgan fingerprint density at radius 1 is 1.29 bits per heavy atom. The minimum atomic E-state index is -4.53. The van der Waals surface area contributed by atoms with Crippen molar-refractivity contribution >= 4 is 5.91 Å². The fraction of sp³-hybridized carbons (Fsp3) is 0.588. The lowest BCUT2D eigenvalue weighted by molar-refractivity contribution is -0.145. The molecule has 0 radical (unpaired) electrons. The largest absolute Gasteiger partial charge is 0.480 e. The van der Waals surface area contributed by atoms with E-state index in [4.69, 9.17) is 10.5 Å². The molecule has 2 N–H and O–H groups in total. The molecule has 24 heavy (non-hydrogen) atoms. The summed E-state index contributed by atoms with van der Waals surface area (Å²) in [5.74, 6) is -0.658. The number of nitrogens with two attached hydrogens (primary N) is 1. The van der Waals surface area contributed by atoms with Crippen molar-refractivity contribution < 1.29 is 22.7 Å². The molecule has 3 unspecified atom stereocenters.